The molecule has 7 heteroatoms. The van der Waals surface area contributed by atoms with Gasteiger partial charge in [0.1, 0.15) is 0 Å². The molecular weight excluding hydrogens is 316 g/mol. The van der Waals surface area contributed by atoms with Gasteiger partial charge in [-0.1, -0.05) is 37.3 Å². The van der Waals surface area contributed by atoms with E-state index in [0.29, 0.717) is 0 Å². The molecule has 1 unspecified atom stereocenters. The molecule has 0 fully saturated rings. The second-order valence-corrected chi connectivity index (χ2v) is 6.91. The Hall–Kier alpha value is -2.25. The molecule has 0 aliphatic carbocycles. The van der Waals surface area contributed by atoms with Crippen LogP contribution in [0.4, 0.5) is 5.69 Å². The first-order valence-electron chi connectivity index (χ1n) is 7.19. The van der Waals surface area contributed by atoms with Crippen molar-refractivity contribution in [2.24, 2.45) is 0 Å². The van der Waals surface area contributed by atoms with Crippen LogP contribution in [-0.4, -0.2) is 13.3 Å². The molecule has 1 atom stereocenters. The van der Waals surface area contributed by atoms with Gasteiger partial charge in [0.2, 0.25) is 10.0 Å². The Kier molecular flexibility index (Phi) is 5.12. The second kappa shape index (κ2) is 6.89. The molecule has 0 radical (unpaired) electrons. The van der Waals surface area contributed by atoms with Gasteiger partial charge in [0.15, 0.2) is 0 Å². The quantitative estimate of drug-likeness (QED) is 0.649. The van der Waals surface area contributed by atoms with Crippen LogP contribution < -0.4 is 4.72 Å². The molecule has 6 nitrogen and oxygen atoms in total. The van der Waals surface area contributed by atoms with Crippen LogP contribution in [0.5, 0.6) is 0 Å². The summed E-state index contributed by atoms with van der Waals surface area (Å²) >= 11 is 0. The molecule has 23 heavy (non-hydrogen) atoms. The highest BCUT2D eigenvalue weighted by molar-refractivity contribution is 7.89. The minimum Gasteiger partial charge on any atom is -0.258 e. The van der Waals surface area contributed by atoms with E-state index in [1.807, 2.05) is 31.2 Å². The average Bonchev–Trinajstić information content (AvgIpc) is 2.54. The fraction of sp³-hybridized carbons (Fsp3) is 0.250. The minimum absolute atomic E-state index is 0.122. The first-order valence-corrected chi connectivity index (χ1v) is 8.67. The number of non-ortho nitro benzene ring substituents is 1. The fourth-order valence-electron chi connectivity index (χ4n) is 2.18. The number of benzene rings is 2. The number of nitrogens with one attached hydrogen (secondary N) is 1. The minimum atomic E-state index is -3.83. The zero-order valence-electron chi connectivity index (χ0n) is 12.9. The van der Waals surface area contributed by atoms with Crippen LogP contribution in [0.15, 0.2) is 53.4 Å². The normalized spacial score (nSPS) is 12.8. The van der Waals surface area contributed by atoms with Crippen molar-refractivity contribution < 1.29 is 13.3 Å². The molecule has 0 bridgehead atoms. The molecule has 2 aromatic carbocycles. The van der Waals surface area contributed by atoms with Crippen LogP contribution in [0, 0.1) is 10.1 Å². The largest absolute Gasteiger partial charge is 0.270 e. The summed E-state index contributed by atoms with van der Waals surface area (Å²) in [5.74, 6) is 0. The fourth-order valence-corrected chi connectivity index (χ4v) is 3.45. The Balaban J connectivity index is 2.22. The van der Waals surface area contributed by atoms with Crippen molar-refractivity contribution in [2.45, 2.75) is 31.2 Å². The summed E-state index contributed by atoms with van der Waals surface area (Å²) in [5.41, 5.74) is 1.74. The van der Waals surface area contributed by atoms with Crippen LogP contribution in [0.25, 0.3) is 0 Å². The molecule has 0 amide bonds. The number of hydrogen-bond acceptors (Lipinski definition) is 4. The number of nitrogens with zero attached hydrogens (tertiary/aromatic N) is 1. The Bertz CT molecular complexity index is 801. The highest BCUT2D eigenvalue weighted by Crippen LogP contribution is 2.20. The first-order chi connectivity index (χ1) is 10.8. The maximum absolute atomic E-state index is 12.4. The second-order valence-electron chi connectivity index (χ2n) is 5.19. The predicted molar refractivity (Wildman–Crippen MR) is 87.7 cm³/mol. The topological polar surface area (TPSA) is 89.3 Å². The van der Waals surface area contributed by atoms with Gasteiger partial charge in [-0.25, -0.2) is 13.1 Å². The van der Waals surface area contributed by atoms with Crippen molar-refractivity contribution in [1.82, 2.24) is 4.72 Å². The highest BCUT2D eigenvalue weighted by Gasteiger charge is 2.20. The lowest BCUT2D eigenvalue weighted by molar-refractivity contribution is -0.385. The van der Waals surface area contributed by atoms with Crippen molar-refractivity contribution in [3.05, 3.63) is 69.8 Å². The Morgan fingerprint density at radius 1 is 1.17 bits per heavy atom. The molecule has 0 saturated heterocycles. The van der Waals surface area contributed by atoms with Gasteiger partial charge in [-0.2, -0.15) is 0 Å². The Labute approximate surface area is 135 Å². The standard InChI is InChI=1S/C16H18N2O4S/c1-3-13-7-9-14(10-8-13)12(2)17-23(21,22)16-6-4-5-15(11-16)18(19)20/h4-12,17H,3H2,1-2H3. The molecular formula is C16H18N2O4S. The van der Waals surface area contributed by atoms with Gasteiger partial charge in [0, 0.05) is 18.2 Å². The number of aryl methyl sites for hydroxylation is 1. The molecule has 1 N–H and O–H groups in total. The van der Waals surface area contributed by atoms with Crippen LogP contribution >= 0.6 is 0 Å². The summed E-state index contributed by atoms with van der Waals surface area (Å²) in [5, 5.41) is 10.8. The number of nitro groups is 1. The van der Waals surface area contributed by atoms with E-state index in [1.54, 1.807) is 6.92 Å². The SMILES string of the molecule is CCc1ccc(C(C)NS(=O)(=O)c2cccc([N+](=O)[O-])c2)cc1. The van der Waals surface area contributed by atoms with Crippen molar-refractivity contribution in [1.29, 1.82) is 0 Å². The lowest BCUT2D eigenvalue weighted by Gasteiger charge is -2.15. The first kappa shape index (κ1) is 17.1. The number of nitro benzene ring substituents is 1. The van der Waals surface area contributed by atoms with Gasteiger partial charge in [0.25, 0.3) is 5.69 Å². The van der Waals surface area contributed by atoms with Gasteiger partial charge in [-0.15, -0.1) is 0 Å². The molecule has 2 aromatic rings. The van der Waals surface area contributed by atoms with E-state index in [1.165, 1.54) is 23.8 Å². The molecule has 0 aromatic heterocycles. The summed E-state index contributed by atoms with van der Waals surface area (Å²) in [4.78, 5) is 10.0. The third kappa shape index (κ3) is 4.14. The summed E-state index contributed by atoms with van der Waals surface area (Å²) in [7, 11) is -3.83. The van der Waals surface area contributed by atoms with E-state index in [4.69, 9.17) is 0 Å². The Morgan fingerprint density at radius 2 is 1.83 bits per heavy atom. The van der Waals surface area contributed by atoms with Crippen LogP contribution in [-0.2, 0) is 16.4 Å². The number of sulfonamides is 1. The van der Waals surface area contributed by atoms with Crippen molar-refractivity contribution in [3.63, 3.8) is 0 Å². The van der Waals surface area contributed by atoms with Crippen molar-refractivity contribution in [2.75, 3.05) is 0 Å². The monoisotopic (exact) mass is 334 g/mol. The zero-order valence-corrected chi connectivity index (χ0v) is 13.7. The van der Waals surface area contributed by atoms with E-state index in [-0.39, 0.29) is 10.6 Å². The summed E-state index contributed by atoms with van der Waals surface area (Å²) in [6, 6.07) is 12.2. The summed E-state index contributed by atoms with van der Waals surface area (Å²) < 4.78 is 27.3. The number of rotatable bonds is 6. The van der Waals surface area contributed by atoms with Crippen molar-refractivity contribution >= 4 is 15.7 Å². The maximum Gasteiger partial charge on any atom is 0.270 e. The summed E-state index contributed by atoms with van der Waals surface area (Å²) in [6.45, 7) is 3.78. The molecule has 0 saturated carbocycles. The predicted octanol–water partition coefficient (Wildman–Crippen LogP) is 3.20. The van der Waals surface area contributed by atoms with Crippen LogP contribution in [0.1, 0.15) is 31.0 Å². The molecule has 0 spiro atoms. The maximum atomic E-state index is 12.4. The van der Waals surface area contributed by atoms with E-state index in [2.05, 4.69) is 4.72 Å². The van der Waals surface area contributed by atoms with Gasteiger partial charge in [0.05, 0.1) is 9.82 Å². The number of hydrogen-bond donors (Lipinski definition) is 1. The average molecular weight is 334 g/mol. The smallest absolute Gasteiger partial charge is 0.258 e. The van der Waals surface area contributed by atoms with Gasteiger partial charge in [-0.3, -0.25) is 10.1 Å². The van der Waals surface area contributed by atoms with E-state index < -0.39 is 21.0 Å². The van der Waals surface area contributed by atoms with E-state index >= 15 is 0 Å². The molecule has 0 heterocycles. The third-order valence-corrected chi connectivity index (χ3v) is 5.10. The lowest BCUT2D eigenvalue weighted by Crippen LogP contribution is -2.26. The van der Waals surface area contributed by atoms with Gasteiger partial charge >= 0.3 is 0 Å². The van der Waals surface area contributed by atoms with Crippen molar-refractivity contribution in [3.8, 4) is 0 Å². The third-order valence-electron chi connectivity index (χ3n) is 3.56. The molecule has 122 valence electrons. The van der Waals surface area contributed by atoms with E-state index in [9.17, 15) is 18.5 Å². The van der Waals surface area contributed by atoms with Crippen LogP contribution in [0.3, 0.4) is 0 Å². The molecule has 2 rings (SSSR count). The summed E-state index contributed by atoms with van der Waals surface area (Å²) in [6.07, 6.45) is 0.911. The highest BCUT2D eigenvalue weighted by atomic mass is 32.2. The van der Waals surface area contributed by atoms with Gasteiger partial charge in [-0.05, 0) is 30.5 Å². The Morgan fingerprint density at radius 3 is 2.39 bits per heavy atom. The molecule has 0 aliphatic rings. The molecule has 0 aliphatic heterocycles. The van der Waals surface area contributed by atoms with Gasteiger partial charge < -0.3 is 0 Å². The zero-order chi connectivity index (χ0) is 17.0. The van der Waals surface area contributed by atoms with Crippen LogP contribution in [0.2, 0.25) is 0 Å². The lowest BCUT2D eigenvalue weighted by atomic mass is 10.1. The van der Waals surface area contributed by atoms with E-state index in [0.717, 1.165) is 18.1 Å².